The molecule has 1 N–H and O–H groups in total. The summed E-state index contributed by atoms with van der Waals surface area (Å²) < 4.78 is 1.81. The van der Waals surface area contributed by atoms with Crippen LogP contribution in [0.15, 0.2) is 18.2 Å². The first-order valence-corrected chi connectivity index (χ1v) is 6.31. The van der Waals surface area contributed by atoms with Crippen molar-refractivity contribution in [3.05, 3.63) is 46.3 Å². The van der Waals surface area contributed by atoms with Gasteiger partial charge in [-0.05, 0) is 43.5 Å². The van der Waals surface area contributed by atoms with Gasteiger partial charge in [-0.25, -0.2) is 4.68 Å². The zero-order chi connectivity index (χ0) is 14.0. The van der Waals surface area contributed by atoms with E-state index in [9.17, 15) is 5.26 Å². The molecule has 98 valence electrons. The SMILES string of the molecule is CCc1c(C)nn(-c2ccc(CO)cc2C#N)c1C. The van der Waals surface area contributed by atoms with Gasteiger partial charge in [0.05, 0.1) is 23.6 Å². The van der Waals surface area contributed by atoms with Crippen molar-refractivity contribution in [1.29, 1.82) is 5.26 Å². The lowest BCUT2D eigenvalue weighted by Crippen LogP contribution is -2.03. The van der Waals surface area contributed by atoms with Gasteiger partial charge in [0.2, 0.25) is 0 Å². The van der Waals surface area contributed by atoms with E-state index in [1.807, 2.05) is 30.7 Å². The van der Waals surface area contributed by atoms with Gasteiger partial charge in [-0.3, -0.25) is 0 Å². The van der Waals surface area contributed by atoms with Crippen molar-refractivity contribution >= 4 is 0 Å². The highest BCUT2D eigenvalue weighted by atomic mass is 16.3. The average Bonchev–Trinajstić information content (AvgIpc) is 2.72. The molecule has 0 spiro atoms. The van der Waals surface area contributed by atoms with Gasteiger partial charge in [0.25, 0.3) is 0 Å². The number of hydrogen-bond acceptors (Lipinski definition) is 3. The summed E-state index contributed by atoms with van der Waals surface area (Å²) in [6, 6.07) is 7.53. The standard InChI is InChI=1S/C15H17N3O/c1-4-14-10(2)17-18(11(14)3)15-6-5-12(9-19)7-13(15)8-16/h5-7,19H,4,9H2,1-3H3. The maximum Gasteiger partial charge on any atom is 0.101 e. The van der Waals surface area contributed by atoms with E-state index in [0.29, 0.717) is 5.56 Å². The van der Waals surface area contributed by atoms with Crippen LogP contribution in [0.1, 0.15) is 35.0 Å². The first kappa shape index (κ1) is 13.3. The van der Waals surface area contributed by atoms with Gasteiger partial charge in [0.15, 0.2) is 0 Å². The molecule has 2 rings (SSSR count). The van der Waals surface area contributed by atoms with Crippen LogP contribution in [0.25, 0.3) is 5.69 Å². The summed E-state index contributed by atoms with van der Waals surface area (Å²) >= 11 is 0. The van der Waals surface area contributed by atoms with Crippen LogP contribution in [0.3, 0.4) is 0 Å². The number of hydrogen-bond donors (Lipinski definition) is 1. The van der Waals surface area contributed by atoms with Crippen LogP contribution in [-0.2, 0) is 13.0 Å². The Morgan fingerprint density at radius 3 is 2.63 bits per heavy atom. The molecule has 1 aromatic carbocycles. The zero-order valence-corrected chi connectivity index (χ0v) is 11.4. The van der Waals surface area contributed by atoms with Crippen LogP contribution in [0, 0.1) is 25.2 Å². The van der Waals surface area contributed by atoms with Gasteiger partial charge < -0.3 is 5.11 Å². The average molecular weight is 255 g/mol. The smallest absolute Gasteiger partial charge is 0.101 e. The molecule has 0 fully saturated rings. The first-order chi connectivity index (χ1) is 9.12. The van der Waals surface area contributed by atoms with E-state index in [1.165, 1.54) is 5.56 Å². The topological polar surface area (TPSA) is 61.8 Å². The second kappa shape index (κ2) is 5.25. The number of aliphatic hydroxyl groups is 1. The summed E-state index contributed by atoms with van der Waals surface area (Å²) in [5.41, 5.74) is 5.30. The van der Waals surface area contributed by atoms with Crippen molar-refractivity contribution in [2.45, 2.75) is 33.8 Å². The summed E-state index contributed by atoms with van der Waals surface area (Å²) in [7, 11) is 0. The third kappa shape index (κ3) is 2.25. The van der Waals surface area contributed by atoms with Crippen molar-refractivity contribution in [3.8, 4) is 11.8 Å². The highest BCUT2D eigenvalue weighted by Gasteiger charge is 2.14. The second-order valence-electron chi connectivity index (χ2n) is 4.54. The highest BCUT2D eigenvalue weighted by Crippen LogP contribution is 2.21. The van der Waals surface area contributed by atoms with Crippen LogP contribution in [0.5, 0.6) is 0 Å². The zero-order valence-electron chi connectivity index (χ0n) is 11.4. The molecular formula is C15H17N3O. The van der Waals surface area contributed by atoms with Crippen LogP contribution in [0.2, 0.25) is 0 Å². The van der Waals surface area contributed by atoms with E-state index < -0.39 is 0 Å². The van der Waals surface area contributed by atoms with Crippen LogP contribution < -0.4 is 0 Å². The van der Waals surface area contributed by atoms with Crippen LogP contribution in [0.4, 0.5) is 0 Å². The molecule has 2 aromatic rings. The van der Waals surface area contributed by atoms with Crippen molar-refractivity contribution in [2.24, 2.45) is 0 Å². The van der Waals surface area contributed by atoms with Gasteiger partial charge in [-0.2, -0.15) is 10.4 Å². The predicted molar refractivity (Wildman–Crippen MR) is 73.1 cm³/mol. The fourth-order valence-corrected chi connectivity index (χ4v) is 2.38. The Bertz CT molecular complexity index is 650. The molecule has 4 heteroatoms. The molecular weight excluding hydrogens is 238 g/mol. The lowest BCUT2D eigenvalue weighted by atomic mass is 10.1. The Balaban J connectivity index is 2.63. The number of rotatable bonds is 3. The number of benzene rings is 1. The summed E-state index contributed by atoms with van der Waals surface area (Å²) in [5, 5.41) is 22.9. The van der Waals surface area contributed by atoms with E-state index >= 15 is 0 Å². The Hall–Kier alpha value is -2.12. The molecule has 1 heterocycles. The maximum atomic E-state index is 9.25. The molecule has 0 aliphatic carbocycles. The molecule has 0 saturated heterocycles. The Morgan fingerprint density at radius 1 is 1.37 bits per heavy atom. The minimum Gasteiger partial charge on any atom is -0.392 e. The van der Waals surface area contributed by atoms with Gasteiger partial charge >= 0.3 is 0 Å². The minimum atomic E-state index is -0.0632. The summed E-state index contributed by atoms with van der Waals surface area (Å²) in [5.74, 6) is 0. The summed E-state index contributed by atoms with van der Waals surface area (Å²) in [6.07, 6.45) is 0.925. The molecule has 0 aliphatic rings. The molecule has 1 aromatic heterocycles. The molecule has 19 heavy (non-hydrogen) atoms. The molecule has 0 aliphatic heterocycles. The van der Waals surface area contributed by atoms with E-state index in [2.05, 4.69) is 18.1 Å². The number of aliphatic hydroxyl groups excluding tert-OH is 1. The largest absolute Gasteiger partial charge is 0.392 e. The lowest BCUT2D eigenvalue weighted by Gasteiger charge is -2.08. The Morgan fingerprint density at radius 2 is 2.11 bits per heavy atom. The Kier molecular flexibility index (Phi) is 3.68. The van der Waals surface area contributed by atoms with Crippen molar-refractivity contribution < 1.29 is 5.11 Å². The maximum absolute atomic E-state index is 9.25. The number of nitrogens with zero attached hydrogens (tertiary/aromatic N) is 3. The fraction of sp³-hybridized carbons (Fsp3) is 0.333. The van der Waals surface area contributed by atoms with Crippen molar-refractivity contribution in [1.82, 2.24) is 9.78 Å². The summed E-state index contributed by atoms with van der Waals surface area (Å²) in [6.45, 7) is 6.03. The Labute approximate surface area is 112 Å². The van der Waals surface area contributed by atoms with E-state index in [0.717, 1.165) is 29.1 Å². The van der Waals surface area contributed by atoms with E-state index in [-0.39, 0.29) is 6.61 Å². The number of aromatic nitrogens is 2. The fourth-order valence-electron chi connectivity index (χ4n) is 2.38. The molecule has 0 amide bonds. The van der Waals surface area contributed by atoms with Crippen molar-refractivity contribution in [3.63, 3.8) is 0 Å². The number of aryl methyl sites for hydroxylation is 1. The van der Waals surface area contributed by atoms with E-state index in [4.69, 9.17) is 5.11 Å². The third-order valence-corrected chi connectivity index (χ3v) is 3.39. The molecule has 0 saturated carbocycles. The molecule has 0 bridgehead atoms. The third-order valence-electron chi connectivity index (χ3n) is 3.39. The minimum absolute atomic E-state index is 0.0632. The van der Waals surface area contributed by atoms with Crippen LogP contribution >= 0.6 is 0 Å². The molecule has 0 radical (unpaired) electrons. The van der Waals surface area contributed by atoms with Gasteiger partial charge in [0, 0.05) is 5.69 Å². The lowest BCUT2D eigenvalue weighted by molar-refractivity contribution is 0.282. The number of nitriles is 1. The van der Waals surface area contributed by atoms with Gasteiger partial charge in [-0.1, -0.05) is 13.0 Å². The monoisotopic (exact) mass is 255 g/mol. The molecule has 4 nitrogen and oxygen atoms in total. The van der Waals surface area contributed by atoms with Gasteiger partial charge in [0.1, 0.15) is 6.07 Å². The van der Waals surface area contributed by atoms with Gasteiger partial charge in [-0.15, -0.1) is 0 Å². The van der Waals surface area contributed by atoms with Crippen LogP contribution in [-0.4, -0.2) is 14.9 Å². The van der Waals surface area contributed by atoms with Crippen molar-refractivity contribution in [2.75, 3.05) is 0 Å². The van der Waals surface area contributed by atoms with E-state index in [1.54, 1.807) is 6.07 Å². The molecule has 0 atom stereocenters. The quantitative estimate of drug-likeness (QED) is 0.916. The normalized spacial score (nSPS) is 10.5. The molecule has 0 unspecified atom stereocenters. The highest BCUT2D eigenvalue weighted by molar-refractivity contribution is 5.51. The second-order valence-corrected chi connectivity index (χ2v) is 4.54. The predicted octanol–water partition coefficient (Wildman–Crippen LogP) is 2.42. The summed E-state index contributed by atoms with van der Waals surface area (Å²) in [4.78, 5) is 0. The first-order valence-electron chi connectivity index (χ1n) is 6.31.